The third-order valence-electron chi connectivity index (χ3n) is 4.90. The predicted octanol–water partition coefficient (Wildman–Crippen LogP) is 2.63. The van der Waals surface area contributed by atoms with Crippen LogP contribution >= 0.6 is 0 Å². The fraction of sp³-hybridized carbons (Fsp3) is 0.350. The van der Waals surface area contributed by atoms with Gasteiger partial charge in [-0.25, -0.2) is 21.6 Å². The lowest BCUT2D eigenvalue weighted by atomic mass is 10.1. The molecule has 1 fully saturated rings. The smallest absolute Gasteiger partial charge is 0.260 e. The molecule has 162 valence electrons. The Bertz CT molecular complexity index is 1070. The Hall–Kier alpha value is -2.59. The third kappa shape index (κ3) is 4.44. The first-order valence-corrected chi connectivity index (χ1v) is 10.7. The average molecular weight is 442 g/mol. The van der Waals surface area contributed by atoms with Crippen molar-refractivity contribution in [2.75, 3.05) is 32.8 Å². The molecule has 0 atom stereocenters. The minimum Gasteiger partial charge on any atom is -0.483 e. The lowest BCUT2D eigenvalue weighted by Gasteiger charge is -2.34. The van der Waals surface area contributed by atoms with Gasteiger partial charge in [-0.2, -0.15) is 4.31 Å². The van der Waals surface area contributed by atoms with Gasteiger partial charge in [0.25, 0.3) is 5.91 Å². The van der Waals surface area contributed by atoms with E-state index in [0.29, 0.717) is 17.9 Å². The minimum atomic E-state index is -4.36. The van der Waals surface area contributed by atoms with E-state index in [4.69, 9.17) is 4.74 Å². The summed E-state index contributed by atoms with van der Waals surface area (Å²) >= 11 is 0. The van der Waals surface area contributed by atoms with E-state index < -0.39 is 32.4 Å². The SMILES string of the molecule is Cc1ccc(C)c(OCC(=O)N2CCN(S(=O)(=O)c3ccc(F)c(F)c3F)CC2)c1. The number of ether oxygens (including phenoxy) is 1. The Balaban J connectivity index is 1.62. The van der Waals surface area contributed by atoms with Gasteiger partial charge in [0.15, 0.2) is 24.1 Å². The molecule has 1 saturated heterocycles. The highest BCUT2D eigenvalue weighted by molar-refractivity contribution is 7.89. The van der Waals surface area contributed by atoms with E-state index in [0.717, 1.165) is 15.4 Å². The number of carbonyl (C=O) groups excluding carboxylic acids is 1. The zero-order valence-electron chi connectivity index (χ0n) is 16.5. The summed E-state index contributed by atoms with van der Waals surface area (Å²) in [6, 6.07) is 6.90. The standard InChI is InChI=1S/C20H21F3N2O4S/c1-13-3-4-14(2)16(11-13)29-12-18(26)24-7-9-25(10-8-24)30(27,28)17-6-5-15(21)19(22)20(17)23/h3-6,11H,7-10,12H2,1-2H3. The summed E-state index contributed by atoms with van der Waals surface area (Å²) in [7, 11) is -4.36. The molecule has 2 aromatic carbocycles. The summed E-state index contributed by atoms with van der Waals surface area (Å²) in [6.45, 7) is 3.50. The van der Waals surface area contributed by atoms with E-state index in [1.807, 2.05) is 32.0 Å². The van der Waals surface area contributed by atoms with Crippen LogP contribution in [-0.2, 0) is 14.8 Å². The minimum absolute atomic E-state index is 0.0690. The summed E-state index contributed by atoms with van der Waals surface area (Å²) in [5, 5.41) is 0. The molecule has 0 bridgehead atoms. The van der Waals surface area contributed by atoms with Gasteiger partial charge in [-0.15, -0.1) is 0 Å². The van der Waals surface area contributed by atoms with Crippen molar-refractivity contribution in [2.45, 2.75) is 18.7 Å². The highest BCUT2D eigenvalue weighted by atomic mass is 32.2. The van der Waals surface area contributed by atoms with Crippen LogP contribution in [0.3, 0.4) is 0 Å². The third-order valence-corrected chi connectivity index (χ3v) is 6.82. The van der Waals surface area contributed by atoms with E-state index in [1.54, 1.807) is 0 Å². The van der Waals surface area contributed by atoms with Crippen LogP contribution in [0.1, 0.15) is 11.1 Å². The molecule has 10 heteroatoms. The molecule has 0 N–H and O–H groups in total. The van der Waals surface area contributed by atoms with Gasteiger partial charge in [-0.05, 0) is 43.2 Å². The van der Waals surface area contributed by atoms with Gasteiger partial charge in [0.05, 0.1) is 0 Å². The largest absolute Gasteiger partial charge is 0.483 e. The molecule has 3 rings (SSSR count). The normalized spacial score (nSPS) is 15.3. The van der Waals surface area contributed by atoms with Crippen molar-refractivity contribution in [3.63, 3.8) is 0 Å². The van der Waals surface area contributed by atoms with Crippen molar-refractivity contribution in [1.82, 2.24) is 9.21 Å². The lowest BCUT2D eigenvalue weighted by molar-refractivity contribution is -0.134. The second kappa shape index (κ2) is 8.65. The maximum absolute atomic E-state index is 13.9. The van der Waals surface area contributed by atoms with Crippen LogP contribution in [0, 0.1) is 31.3 Å². The van der Waals surface area contributed by atoms with Crippen molar-refractivity contribution >= 4 is 15.9 Å². The second-order valence-electron chi connectivity index (χ2n) is 7.02. The number of hydrogen-bond donors (Lipinski definition) is 0. The molecular weight excluding hydrogens is 421 g/mol. The second-order valence-corrected chi connectivity index (χ2v) is 8.92. The van der Waals surface area contributed by atoms with Crippen LogP contribution in [0.2, 0.25) is 0 Å². The molecule has 1 aliphatic heterocycles. The van der Waals surface area contributed by atoms with Crippen LogP contribution in [0.4, 0.5) is 13.2 Å². The molecule has 0 radical (unpaired) electrons. The quantitative estimate of drug-likeness (QED) is 0.668. The first kappa shape index (κ1) is 22.1. The van der Waals surface area contributed by atoms with Gasteiger partial charge in [0, 0.05) is 26.2 Å². The summed E-state index contributed by atoms with van der Waals surface area (Å²) in [5.41, 5.74) is 1.88. The highest BCUT2D eigenvalue weighted by Crippen LogP contribution is 2.24. The number of sulfonamides is 1. The molecule has 1 amide bonds. The summed E-state index contributed by atoms with van der Waals surface area (Å²) in [4.78, 5) is 12.9. The first-order valence-electron chi connectivity index (χ1n) is 9.22. The molecular formula is C20H21F3N2O4S. The van der Waals surface area contributed by atoms with Crippen LogP contribution in [0.15, 0.2) is 35.2 Å². The average Bonchev–Trinajstić information content (AvgIpc) is 2.72. The van der Waals surface area contributed by atoms with Gasteiger partial charge in [-0.3, -0.25) is 4.79 Å². The van der Waals surface area contributed by atoms with Gasteiger partial charge < -0.3 is 9.64 Å². The summed E-state index contributed by atoms with van der Waals surface area (Å²) in [5.74, 6) is -4.78. The number of amides is 1. The fourth-order valence-electron chi connectivity index (χ4n) is 3.12. The Morgan fingerprint density at radius 2 is 1.67 bits per heavy atom. The maximum Gasteiger partial charge on any atom is 0.260 e. The number of hydrogen-bond acceptors (Lipinski definition) is 4. The van der Waals surface area contributed by atoms with Crippen molar-refractivity contribution in [3.05, 3.63) is 58.9 Å². The molecule has 0 aromatic heterocycles. The lowest BCUT2D eigenvalue weighted by Crippen LogP contribution is -2.51. The Kier molecular flexibility index (Phi) is 6.37. The van der Waals surface area contributed by atoms with Crippen molar-refractivity contribution in [2.24, 2.45) is 0 Å². The van der Waals surface area contributed by atoms with E-state index in [-0.39, 0.29) is 38.7 Å². The van der Waals surface area contributed by atoms with Crippen molar-refractivity contribution < 1.29 is 31.1 Å². The number of nitrogens with zero attached hydrogens (tertiary/aromatic N) is 2. The van der Waals surface area contributed by atoms with E-state index in [2.05, 4.69) is 0 Å². The fourth-order valence-corrected chi connectivity index (χ4v) is 4.60. The molecule has 0 unspecified atom stereocenters. The van der Waals surface area contributed by atoms with Crippen LogP contribution in [0.5, 0.6) is 5.75 Å². The number of aryl methyl sites for hydroxylation is 2. The molecule has 1 heterocycles. The molecule has 2 aromatic rings. The molecule has 0 saturated carbocycles. The number of piperazine rings is 1. The first-order chi connectivity index (χ1) is 14.1. The topological polar surface area (TPSA) is 66.9 Å². The number of carbonyl (C=O) groups is 1. The summed E-state index contributed by atoms with van der Waals surface area (Å²) in [6.07, 6.45) is 0. The summed E-state index contributed by atoms with van der Waals surface area (Å²) < 4.78 is 72.2. The van der Waals surface area contributed by atoms with Gasteiger partial charge >= 0.3 is 0 Å². The van der Waals surface area contributed by atoms with Crippen LogP contribution < -0.4 is 4.74 Å². The van der Waals surface area contributed by atoms with Crippen LogP contribution in [0.25, 0.3) is 0 Å². The van der Waals surface area contributed by atoms with Gasteiger partial charge in [0.1, 0.15) is 10.6 Å². The zero-order chi connectivity index (χ0) is 22.1. The van der Waals surface area contributed by atoms with E-state index >= 15 is 0 Å². The van der Waals surface area contributed by atoms with Gasteiger partial charge in [0.2, 0.25) is 10.0 Å². The monoisotopic (exact) mass is 442 g/mol. The molecule has 6 nitrogen and oxygen atoms in total. The Morgan fingerprint density at radius 3 is 2.33 bits per heavy atom. The number of rotatable bonds is 5. The predicted molar refractivity (Wildman–Crippen MR) is 103 cm³/mol. The van der Waals surface area contributed by atoms with Crippen molar-refractivity contribution in [3.8, 4) is 5.75 Å². The molecule has 0 spiro atoms. The van der Waals surface area contributed by atoms with Crippen molar-refractivity contribution in [1.29, 1.82) is 0 Å². The maximum atomic E-state index is 13.9. The number of benzene rings is 2. The number of halogens is 3. The molecule has 30 heavy (non-hydrogen) atoms. The molecule has 0 aliphatic carbocycles. The molecule has 1 aliphatic rings. The van der Waals surface area contributed by atoms with E-state index in [1.165, 1.54) is 4.90 Å². The Labute approximate surface area is 172 Å². The van der Waals surface area contributed by atoms with E-state index in [9.17, 15) is 26.4 Å². The van der Waals surface area contributed by atoms with Crippen LogP contribution in [-0.4, -0.2) is 56.3 Å². The highest BCUT2D eigenvalue weighted by Gasteiger charge is 2.33. The Morgan fingerprint density at radius 1 is 1.00 bits per heavy atom. The van der Waals surface area contributed by atoms with Gasteiger partial charge in [-0.1, -0.05) is 12.1 Å². The zero-order valence-corrected chi connectivity index (χ0v) is 17.3.